The molecule has 140 valence electrons. The van der Waals surface area contributed by atoms with E-state index in [1.165, 1.54) is 0 Å². The van der Waals surface area contributed by atoms with Gasteiger partial charge >= 0.3 is 5.97 Å². The van der Waals surface area contributed by atoms with Crippen molar-refractivity contribution < 1.29 is 19.1 Å². The first-order valence-corrected chi connectivity index (χ1v) is 9.94. The molecule has 7 heteroatoms. The molecule has 2 aliphatic heterocycles. The van der Waals surface area contributed by atoms with Crippen LogP contribution in [-0.2, 0) is 24.0 Å². The lowest BCUT2D eigenvalue weighted by Gasteiger charge is -2.33. The number of benzene rings is 1. The SMILES string of the molecule is CC[C@@H](C)NC(=O)COC(=O)[C@@H]1CS[C@@]2(c3ccccc3)CCC(=O)N12. The van der Waals surface area contributed by atoms with Gasteiger partial charge in [-0.2, -0.15) is 0 Å². The van der Waals surface area contributed by atoms with Gasteiger partial charge in [0.15, 0.2) is 6.61 Å². The van der Waals surface area contributed by atoms with E-state index in [2.05, 4.69) is 5.32 Å². The van der Waals surface area contributed by atoms with Gasteiger partial charge in [0.2, 0.25) is 5.91 Å². The summed E-state index contributed by atoms with van der Waals surface area (Å²) in [7, 11) is 0. The van der Waals surface area contributed by atoms with Crippen molar-refractivity contribution in [2.24, 2.45) is 0 Å². The Morgan fingerprint density at radius 1 is 1.38 bits per heavy atom. The molecule has 3 rings (SSSR count). The van der Waals surface area contributed by atoms with Crippen LogP contribution in [0, 0.1) is 0 Å². The predicted octanol–water partition coefficient (Wildman–Crippen LogP) is 2.04. The van der Waals surface area contributed by atoms with E-state index in [-0.39, 0.29) is 24.5 Å². The molecule has 1 aromatic carbocycles. The van der Waals surface area contributed by atoms with E-state index in [1.54, 1.807) is 16.7 Å². The van der Waals surface area contributed by atoms with Crippen LogP contribution in [0.3, 0.4) is 0 Å². The molecular formula is C19H24N2O4S. The smallest absolute Gasteiger partial charge is 0.330 e. The molecule has 0 aromatic heterocycles. The van der Waals surface area contributed by atoms with E-state index in [9.17, 15) is 14.4 Å². The molecule has 0 unspecified atom stereocenters. The van der Waals surface area contributed by atoms with E-state index in [0.29, 0.717) is 18.6 Å². The highest BCUT2D eigenvalue weighted by Crippen LogP contribution is 2.54. The van der Waals surface area contributed by atoms with Crippen LogP contribution in [0.5, 0.6) is 0 Å². The molecule has 2 amide bonds. The maximum Gasteiger partial charge on any atom is 0.330 e. The third-order valence-electron chi connectivity index (χ3n) is 4.99. The van der Waals surface area contributed by atoms with Gasteiger partial charge < -0.3 is 15.0 Å². The molecule has 2 heterocycles. The number of carbonyl (C=O) groups is 3. The molecule has 0 radical (unpaired) electrons. The molecule has 1 N–H and O–H groups in total. The fourth-order valence-electron chi connectivity index (χ4n) is 3.47. The summed E-state index contributed by atoms with van der Waals surface area (Å²) >= 11 is 1.61. The summed E-state index contributed by atoms with van der Waals surface area (Å²) in [6.45, 7) is 3.55. The van der Waals surface area contributed by atoms with Gasteiger partial charge in [-0.1, -0.05) is 37.3 Å². The molecule has 2 fully saturated rings. The number of rotatable bonds is 6. The van der Waals surface area contributed by atoms with Gasteiger partial charge in [-0.3, -0.25) is 9.59 Å². The first kappa shape index (κ1) is 18.8. The quantitative estimate of drug-likeness (QED) is 0.769. The average Bonchev–Trinajstić information content (AvgIpc) is 3.20. The zero-order chi connectivity index (χ0) is 18.7. The van der Waals surface area contributed by atoms with Crippen molar-refractivity contribution in [1.82, 2.24) is 10.2 Å². The first-order chi connectivity index (χ1) is 12.5. The topological polar surface area (TPSA) is 75.7 Å². The van der Waals surface area contributed by atoms with Crippen LogP contribution in [0.4, 0.5) is 0 Å². The summed E-state index contributed by atoms with van der Waals surface area (Å²) in [5.74, 6) is -0.387. The van der Waals surface area contributed by atoms with Gasteiger partial charge in [-0.15, -0.1) is 11.8 Å². The number of hydrogen-bond donors (Lipinski definition) is 1. The predicted molar refractivity (Wildman–Crippen MR) is 99.3 cm³/mol. The second kappa shape index (κ2) is 7.70. The Labute approximate surface area is 157 Å². The van der Waals surface area contributed by atoms with Crippen molar-refractivity contribution >= 4 is 29.5 Å². The van der Waals surface area contributed by atoms with Crippen molar-refractivity contribution in [3.8, 4) is 0 Å². The fraction of sp³-hybridized carbons (Fsp3) is 0.526. The summed E-state index contributed by atoms with van der Waals surface area (Å²) in [6, 6.07) is 9.19. The van der Waals surface area contributed by atoms with E-state index in [4.69, 9.17) is 4.74 Å². The monoisotopic (exact) mass is 376 g/mol. The Bertz CT molecular complexity index is 696. The van der Waals surface area contributed by atoms with Gasteiger partial charge in [-0.05, 0) is 25.3 Å². The number of hydrogen-bond acceptors (Lipinski definition) is 5. The Morgan fingerprint density at radius 2 is 2.12 bits per heavy atom. The lowest BCUT2D eigenvalue weighted by atomic mass is 10.0. The highest BCUT2D eigenvalue weighted by molar-refractivity contribution is 8.00. The second-order valence-corrected chi connectivity index (χ2v) is 8.02. The molecule has 2 saturated heterocycles. The number of nitrogens with zero attached hydrogens (tertiary/aromatic N) is 1. The fourth-order valence-corrected chi connectivity index (χ4v) is 5.10. The van der Waals surface area contributed by atoms with Crippen LogP contribution in [0.2, 0.25) is 0 Å². The Morgan fingerprint density at radius 3 is 2.81 bits per heavy atom. The van der Waals surface area contributed by atoms with E-state index < -0.39 is 16.9 Å². The molecule has 2 aliphatic rings. The molecule has 26 heavy (non-hydrogen) atoms. The number of carbonyl (C=O) groups excluding carboxylic acids is 3. The molecule has 0 spiro atoms. The van der Waals surface area contributed by atoms with Gasteiger partial charge in [-0.25, -0.2) is 4.79 Å². The van der Waals surface area contributed by atoms with Gasteiger partial charge in [0.05, 0.1) is 0 Å². The number of thioether (sulfide) groups is 1. The van der Waals surface area contributed by atoms with Crippen molar-refractivity contribution in [3.05, 3.63) is 35.9 Å². The third kappa shape index (κ3) is 3.45. The van der Waals surface area contributed by atoms with Crippen LogP contribution in [0.25, 0.3) is 0 Å². The van der Waals surface area contributed by atoms with Crippen molar-refractivity contribution in [2.45, 2.75) is 50.1 Å². The van der Waals surface area contributed by atoms with Gasteiger partial charge in [0.25, 0.3) is 5.91 Å². The standard InChI is InChI=1S/C19H24N2O4S/c1-3-13(2)20-16(22)11-25-18(24)15-12-26-19(10-9-17(23)21(15)19)14-7-5-4-6-8-14/h4-8,13,15H,3,9-12H2,1-2H3,(H,20,22)/t13-,15+,19-/m1/s1. The normalized spacial score (nSPS) is 25.7. The van der Waals surface area contributed by atoms with E-state index in [1.807, 2.05) is 44.2 Å². The van der Waals surface area contributed by atoms with E-state index in [0.717, 1.165) is 12.0 Å². The van der Waals surface area contributed by atoms with Crippen LogP contribution in [0.1, 0.15) is 38.7 Å². The lowest BCUT2D eigenvalue weighted by molar-refractivity contribution is -0.156. The molecule has 3 atom stereocenters. The molecule has 1 aromatic rings. The van der Waals surface area contributed by atoms with Crippen LogP contribution in [0.15, 0.2) is 30.3 Å². The zero-order valence-corrected chi connectivity index (χ0v) is 15.9. The minimum Gasteiger partial charge on any atom is -0.454 e. The highest BCUT2D eigenvalue weighted by atomic mass is 32.2. The van der Waals surface area contributed by atoms with E-state index >= 15 is 0 Å². The third-order valence-corrected chi connectivity index (χ3v) is 6.59. The molecule has 0 bridgehead atoms. The second-order valence-electron chi connectivity index (χ2n) is 6.73. The van der Waals surface area contributed by atoms with Crippen molar-refractivity contribution in [3.63, 3.8) is 0 Å². The number of fused-ring (bicyclic) bond motifs is 1. The molecule has 0 saturated carbocycles. The Kier molecular flexibility index (Phi) is 5.55. The first-order valence-electron chi connectivity index (χ1n) is 8.95. The maximum atomic E-state index is 12.6. The lowest BCUT2D eigenvalue weighted by Crippen LogP contribution is -2.47. The maximum absolute atomic E-state index is 12.6. The summed E-state index contributed by atoms with van der Waals surface area (Å²) in [5, 5.41) is 2.76. The van der Waals surface area contributed by atoms with Crippen molar-refractivity contribution in [2.75, 3.05) is 12.4 Å². The Hall–Kier alpha value is -2.02. The number of nitrogens with one attached hydrogen (secondary N) is 1. The zero-order valence-electron chi connectivity index (χ0n) is 15.1. The minimum absolute atomic E-state index is 0.0362. The summed E-state index contributed by atoms with van der Waals surface area (Å²) in [5.41, 5.74) is 1.03. The number of amides is 2. The highest BCUT2D eigenvalue weighted by Gasteiger charge is 2.57. The molecule has 6 nitrogen and oxygen atoms in total. The number of esters is 1. The summed E-state index contributed by atoms with van der Waals surface area (Å²) < 4.78 is 5.21. The average molecular weight is 376 g/mol. The Balaban J connectivity index is 1.69. The molecular weight excluding hydrogens is 352 g/mol. The minimum atomic E-state index is -0.647. The van der Waals surface area contributed by atoms with Crippen LogP contribution < -0.4 is 5.32 Å². The van der Waals surface area contributed by atoms with Crippen LogP contribution >= 0.6 is 11.8 Å². The number of ether oxygens (including phenoxy) is 1. The summed E-state index contributed by atoms with van der Waals surface area (Å²) in [4.78, 5) is 38.1. The van der Waals surface area contributed by atoms with Crippen molar-refractivity contribution in [1.29, 1.82) is 0 Å². The largest absolute Gasteiger partial charge is 0.454 e. The molecule has 0 aliphatic carbocycles. The van der Waals surface area contributed by atoms with Gasteiger partial charge in [0, 0.05) is 18.2 Å². The van der Waals surface area contributed by atoms with Gasteiger partial charge in [0.1, 0.15) is 10.9 Å². The summed E-state index contributed by atoms with van der Waals surface area (Å²) in [6.07, 6.45) is 1.90. The van der Waals surface area contributed by atoms with Crippen LogP contribution in [-0.4, -0.2) is 47.1 Å².